The van der Waals surface area contributed by atoms with Crippen molar-refractivity contribution in [3.63, 3.8) is 0 Å². The van der Waals surface area contributed by atoms with Gasteiger partial charge in [0.25, 0.3) is 5.92 Å². The zero-order valence-electron chi connectivity index (χ0n) is 24.7. The molecule has 1 aliphatic heterocycles. The Morgan fingerprint density at radius 1 is 1.04 bits per heavy atom. The molecular weight excluding hydrogens is 653 g/mol. The predicted molar refractivity (Wildman–Crippen MR) is 158 cm³/mol. The van der Waals surface area contributed by atoms with E-state index in [2.05, 4.69) is 45.4 Å². The lowest BCUT2D eigenvalue weighted by atomic mass is 9.90. The highest BCUT2D eigenvalue weighted by Crippen LogP contribution is 2.38. The fraction of sp³-hybridized carbons (Fsp3) is 0.429. The molecule has 19 heteroatoms. The molecule has 47 heavy (non-hydrogen) atoms. The van der Waals surface area contributed by atoms with E-state index in [0.717, 1.165) is 4.90 Å². The first kappa shape index (κ1) is 32.2. The summed E-state index contributed by atoms with van der Waals surface area (Å²) in [7, 11) is 1.44. The van der Waals surface area contributed by atoms with Crippen LogP contribution in [0.5, 0.6) is 6.01 Å². The van der Waals surface area contributed by atoms with E-state index in [1.165, 1.54) is 43.0 Å². The van der Waals surface area contributed by atoms with Crippen molar-refractivity contribution in [3.05, 3.63) is 47.8 Å². The van der Waals surface area contributed by atoms with Gasteiger partial charge in [-0.3, -0.25) is 15.0 Å². The number of carbonyl (C=O) groups is 1. The van der Waals surface area contributed by atoms with E-state index in [1.54, 1.807) is 0 Å². The first-order valence-corrected chi connectivity index (χ1v) is 14.8. The molecule has 2 fully saturated rings. The van der Waals surface area contributed by atoms with Crippen LogP contribution in [0.4, 0.5) is 38.5 Å². The summed E-state index contributed by atoms with van der Waals surface area (Å²) in [5.74, 6) is -2.86. The first-order chi connectivity index (χ1) is 22.4. The molecule has 2 aliphatic rings. The largest absolute Gasteiger partial charge is 0.467 e. The van der Waals surface area contributed by atoms with Gasteiger partial charge in [0.15, 0.2) is 5.82 Å². The van der Waals surface area contributed by atoms with Crippen molar-refractivity contribution >= 4 is 29.4 Å². The van der Waals surface area contributed by atoms with Crippen LogP contribution < -0.4 is 15.0 Å². The molecule has 1 aliphatic carbocycles. The Balaban J connectivity index is 1.20. The smallest absolute Gasteiger partial charge is 0.420 e. The highest BCUT2D eigenvalue weighted by atomic mass is 35.5. The van der Waals surface area contributed by atoms with Gasteiger partial charge < -0.3 is 15.0 Å². The fourth-order valence-electron chi connectivity index (χ4n) is 5.58. The summed E-state index contributed by atoms with van der Waals surface area (Å²) < 4.78 is 74.2. The average Bonchev–Trinajstić information content (AvgIpc) is 3.66. The van der Waals surface area contributed by atoms with Gasteiger partial charge in [-0.15, -0.1) is 0 Å². The Labute approximate surface area is 269 Å². The number of aromatic amines is 1. The normalized spacial score (nSPS) is 19.4. The number of likely N-dealkylation sites (tertiary alicyclic amines) is 1. The average molecular weight is 680 g/mol. The van der Waals surface area contributed by atoms with Crippen molar-refractivity contribution in [2.45, 2.75) is 56.3 Å². The number of hydrogen-bond acceptors (Lipinski definition) is 10. The zero-order valence-corrected chi connectivity index (χ0v) is 25.4. The van der Waals surface area contributed by atoms with Gasteiger partial charge in [0.1, 0.15) is 17.0 Å². The summed E-state index contributed by atoms with van der Waals surface area (Å²) in [4.78, 5) is 41.1. The summed E-state index contributed by atoms with van der Waals surface area (Å²) >= 11 is 6.04. The van der Waals surface area contributed by atoms with E-state index in [4.69, 9.17) is 16.3 Å². The van der Waals surface area contributed by atoms with Gasteiger partial charge in [-0.2, -0.15) is 18.3 Å². The molecule has 4 aromatic heterocycles. The minimum Gasteiger partial charge on any atom is -0.467 e. The molecule has 2 N–H and O–H groups in total. The third-order valence-corrected chi connectivity index (χ3v) is 8.23. The summed E-state index contributed by atoms with van der Waals surface area (Å²) in [6.45, 7) is -0.816. The summed E-state index contributed by atoms with van der Waals surface area (Å²) in [5, 5.41) is 9.28. The molecular formula is C28H27ClF5N11O2. The number of alkyl halides is 5. The number of halogens is 6. The molecule has 0 spiro atoms. The molecule has 0 atom stereocenters. The lowest BCUT2D eigenvalue weighted by molar-refractivity contribution is -0.137. The van der Waals surface area contributed by atoms with E-state index < -0.39 is 48.4 Å². The molecule has 248 valence electrons. The number of urea groups is 1. The van der Waals surface area contributed by atoms with Crippen molar-refractivity contribution in [1.82, 2.24) is 45.0 Å². The van der Waals surface area contributed by atoms with Crippen LogP contribution in [0, 0.1) is 0 Å². The highest BCUT2D eigenvalue weighted by molar-refractivity contribution is 6.32. The molecule has 2 amide bonds. The number of nitrogens with one attached hydrogen (secondary N) is 2. The number of methoxy groups -OCH3 is 1. The van der Waals surface area contributed by atoms with Crippen molar-refractivity contribution in [2.24, 2.45) is 0 Å². The van der Waals surface area contributed by atoms with Crippen molar-refractivity contribution in [2.75, 3.05) is 30.4 Å². The standard InChI is InChI=1S/C28H27ClF5N11O2/c1-47-25-38-8-15(9-39-25)20-12-36-21(13-35-20)45(26(46)44-7-6-27(30,31)14-44)17-4-2-16(3-5-17)41-24-37-10-18(28(32,33)34)22(42-24)23-19(29)11-40-43-23/h8-13,16-17H,2-7,14H2,1H3,(H,40,43)(H,37,41,42)/t16-,17-. The van der Waals surface area contributed by atoms with Gasteiger partial charge in [0.05, 0.1) is 36.8 Å². The topological polar surface area (TPSA) is 151 Å². The number of hydrogen-bond donors (Lipinski definition) is 2. The molecule has 1 saturated heterocycles. The van der Waals surface area contributed by atoms with Gasteiger partial charge in [0.2, 0.25) is 5.95 Å². The highest BCUT2D eigenvalue weighted by Gasteiger charge is 2.44. The Morgan fingerprint density at radius 3 is 2.36 bits per heavy atom. The number of aromatic nitrogens is 8. The second-order valence-electron chi connectivity index (χ2n) is 11.1. The number of nitrogens with zero attached hydrogens (tertiary/aromatic N) is 9. The minimum absolute atomic E-state index is 0.0327. The van der Waals surface area contributed by atoms with Crippen LogP contribution in [0.25, 0.3) is 22.6 Å². The number of amides is 2. The molecule has 0 aromatic carbocycles. The van der Waals surface area contributed by atoms with Crippen molar-refractivity contribution in [3.8, 4) is 28.7 Å². The first-order valence-electron chi connectivity index (χ1n) is 14.5. The number of H-pyrrole nitrogens is 1. The second kappa shape index (κ2) is 12.8. The Hall–Kier alpha value is -4.74. The summed E-state index contributed by atoms with van der Waals surface area (Å²) in [5.41, 5.74) is -0.749. The third kappa shape index (κ3) is 7.01. The van der Waals surface area contributed by atoms with Crippen LogP contribution in [0.3, 0.4) is 0 Å². The van der Waals surface area contributed by atoms with Crippen LogP contribution >= 0.6 is 11.6 Å². The van der Waals surface area contributed by atoms with Crippen LogP contribution in [-0.2, 0) is 6.18 Å². The maximum Gasteiger partial charge on any atom is 0.420 e. The van der Waals surface area contributed by atoms with E-state index in [-0.39, 0.29) is 41.1 Å². The van der Waals surface area contributed by atoms with Crippen LogP contribution in [0.1, 0.15) is 37.7 Å². The SMILES string of the molecule is COc1ncc(-c2cnc(N(C(=O)N3CCC(F)(F)C3)[C@H]3CC[C@H](Nc4ncc(C(F)(F)F)c(-c5n[nH]cc5Cl)n4)CC3)cn2)cn1. The molecule has 13 nitrogen and oxygen atoms in total. The monoisotopic (exact) mass is 679 g/mol. The van der Waals surface area contributed by atoms with Gasteiger partial charge in [-0.05, 0) is 25.7 Å². The minimum atomic E-state index is -4.74. The number of anilines is 2. The van der Waals surface area contributed by atoms with Crippen LogP contribution in [-0.4, -0.2) is 89.2 Å². The summed E-state index contributed by atoms with van der Waals surface area (Å²) in [6.07, 6.45) is 4.34. The fourth-order valence-corrected chi connectivity index (χ4v) is 5.76. The zero-order chi connectivity index (χ0) is 33.3. The van der Waals surface area contributed by atoms with Crippen LogP contribution in [0.2, 0.25) is 5.02 Å². The molecule has 1 saturated carbocycles. The van der Waals surface area contributed by atoms with E-state index in [9.17, 15) is 26.7 Å². The molecule has 0 radical (unpaired) electrons. The van der Waals surface area contributed by atoms with Gasteiger partial charge >= 0.3 is 18.2 Å². The second-order valence-corrected chi connectivity index (χ2v) is 11.5. The van der Waals surface area contributed by atoms with Crippen LogP contribution in [0.15, 0.2) is 37.2 Å². The van der Waals surface area contributed by atoms with Gasteiger partial charge in [-0.1, -0.05) is 11.6 Å². The molecule has 0 bridgehead atoms. The van der Waals surface area contributed by atoms with E-state index in [0.29, 0.717) is 43.1 Å². The van der Waals surface area contributed by atoms with Gasteiger partial charge in [0, 0.05) is 55.4 Å². The van der Waals surface area contributed by atoms with E-state index >= 15 is 0 Å². The summed E-state index contributed by atoms with van der Waals surface area (Å²) in [6, 6.07) is -1.12. The molecule has 4 aromatic rings. The van der Waals surface area contributed by atoms with Crippen molar-refractivity contribution in [1.29, 1.82) is 0 Å². The number of rotatable bonds is 7. The molecule has 6 rings (SSSR count). The Kier molecular flexibility index (Phi) is 8.78. The lowest BCUT2D eigenvalue weighted by Gasteiger charge is -2.38. The number of ether oxygens (including phenoxy) is 1. The van der Waals surface area contributed by atoms with Crippen molar-refractivity contribution < 1.29 is 31.5 Å². The maximum absolute atomic E-state index is 14.1. The Morgan fingerprint density at radius 2 is 1.79 bits per heavy atom. The molecule has 0 unspecified atom stereocenters. The Bertz CT molecular complexity index is 1720. The number of carbonyl (C=O) groups excluding carboxylic acids is 1. The predicted octanol–water partition coefficient (Wildman–Crippen LogP) is 5.49. The molecule has 5 heterocycles. The maximum atomic E-state index is 14.1. The lowest BCUT2D eigenvalue weighted by Crippen LogP contribution is -2.50. The third-order valence-electron chi connectivity index (χ3n) is 7.95. The van der Waals surface area contributed by atoms with E-state index in [1.807, 2.05) is 0 Å². The van der Waals surface area contributed by atoms with Gasteiger partial charge in [-0.25, -0.2) is 38.5 Å². The quantitative estimate of drug-likeness (QED) is 0.240.